The summed E-state index contributed by atoms with van der Waals surface area (Å²) in [4.78, 5) is 4.08. The molecule has 0 saturated heterocycles. The summed E-state index contributed by atoms with van der Waals surface area (Å²) in [7, 11) is -3.41. The summed E-state index contributed by atoms with van der Waals surface area (Å²) >= 11 is 0. The molecule has 0 atom stereocenters. The summed E-state index contributed by atoms with van der Waals surface area (Å²) < 4.78 is 64.1. The Kier molecular flexibility index (Phi) is 3.44. The summed E-state index contributed by atoms with van der Waals surface area (Å²) in [5.74, 6) is 0. The molecule has 4 nitrogen and oxygen atoms in total. The number of pyridine rings is 1. The maximum absolute atomic E-state index is 13.4. The molecule has 0 unspecified atom stereocenters. The maximum Gasteiger partial charge on any atom is 0.433 e. The molecule has 23 heavy (non-hydrogen) atoms. The molecule has 8 heteroatoms. The summed E-state index contributed by atoms with van der Waals surface area (Å²) in [6, 6.07) is 9.76. The van der Waals surface area contributed by atoms with E-state index in [1.165, 1.54) is 42.6 Å². The number of imidazole rings is 1. The number of sulfone groups is 1. The van der Waals surface area contributed by atoms with Gasteiger partial charge in [0.2, 0.25) is 0 Å². The van der Waals surface area contributed by atoms with E-state index in [9.17, 15) is 21.6 Å². The molecule has 0 aliphatic carbocycles. The summed E-state index contributed by atoms with van der Waals surface area (Å²) in [5, 5.41) is 0. The SMILES string of the molecule is CS(=O)(=O)c1ccc(-c2nc3ccccn3c2C(F)(F)F)cc1. The van der Waals surface area contributed by atoms with Crippen LogP contribution in [0.5, 0.6) is 0 Å². The van der Waals surface area contributed by atoms with Gasteiger partial charge in [-0.15, -0.1) is 0 Å². The van der Waals surface area contributed by atoms with Gasteiger partial charge in [0.15, 0.2) is 15.5 Å². The van der Waals surface area contributed by atoms with Crippen LogP contribution in [-0.2, 0) is 16.0 Å². The van der Waals surface area contributed by atoms with Gasteiger partial charge in [-0.2, -0.15) is 13.2 Å². The van der Waals surface area contributed by atoms with Crippen LogP contribution < -0.4 is 0 Å². The number of hydrogen-bond acceptors (Lipinski definition) is 3. The van der Waals surface area contributed by atoms with Crippen LogP contribution in [0.3, 0.4) is 0 Å². The van der Waals surface area contributed by atoms with E-state index in [-0.39, 0.29) is 21.8 Å². The lowest BCUT2D eigenvalue weighted by Crippen LogP contribution is -2.10. The molecule has 3 rings (SSSR count). The lowest BCUT2D eigenvalue weighted by atomic mass is 10.1. The van der Waals surface area contributed by atoms with Crippen LogP contribution in [-0.4, -0.2) is 24.1 Å². The van der Waals surface area contributed by atoms with Crippen molar-refractivity contribution in [3.05, 3.63) is 54.4 Å². The second-order valence-corrected chi connectivity index (χ2v) is 7.05. The van der Waals surface area contributed by atoms with Gasteiger partial charge in [-0.25, -0.2) is 13.4 Å². The molecule has 2 heterocycles. The van der Waals surface area contributed by atoms with Crippen molar-refractivity contribution in [1.82, 2.24) is 9.38 Å². The number of fused-ring (bicyclic) bond motifs is 1. The number of aromatic nitrogens is 2. The minimum Gasteiger partial charge on any atom is -0.295 e. The third kappa shape index (κ3) is 2.81. The van der Waals surface area contributed by atoms with Crippen molar-refractivity contribution >= 4 is 15.5 Å². The molecular weight excluding hydrogens is 329 g/mol. The van der Waals surface area contributed by atoms with Gasteiger partial charge in [0.05, 0.1) is 4.90 Å². The van der Waals surface area contributed by atoms with Crippen LogP contribution in [0.15, 0.2) is 53.6 Å². The molecule has 0 bridgehead atoms. The first-order valence-corrected chi connectivity index (χ1v) is 8.42. The van der Waals surface area contributed by atoms with Gasteiger partial charge in [0, 0.05) is 18.0 Å². The molecule has 0 radical (unpaired) electrons. The van der Waals surface area contributed by atoms with Crippen LogP contribution in [0.25, 0.3) is 16.9 Å². The van der Waals surface area contributed by atoms with Crippen LogP contribution in [0.2, 0.25) is 0 Å². The summed E-state index contributed by atoms with van der Waals surface area (Å²) in [6.45, 7) is 0. The zero-order chi connectivity index (χ0) is 16.8. The van der Waals surface area contributed by atoms with E-state index in [1.54, 1.807) is 6.07 Å². The Morgan fingerprint density at radius 3 is 2.26 bits per heavy atom. The van der Waals surface area contributed by atoms with Crippen LogP contribution in [0.1, 0.15) is 5.69 Å². The van der Waals surface area contributed by atoms with E-state index in [0.29, 0.717) is 0 Å². The Labute approximate surface area is 130 Å². The second kappa shape index (κ2) is 5.09. The predicted molar refractivity (Wildman–Crippen MR) is 78.7 cm³/mol. The Morgan fingerprint density at radius 1 is 1.04 bits per heavy atom. The Morgan fingerprint density at radius 2 is 1.70 bits per heavy atom. The van der Waals surface area contributed by atoms with Gasteiger partial charge < -0.3 is 0 Å². The number of alkyl halides is 3. The van der Waals surface area contributed by atoms with E-state index in [1.807, 2.05) is 0 Å². The van der Waals surface area contributed by atoms with Gasteiger partial charge in [0.1, 0.15) is 11.3 Å². The number of rotatable bonds is 2. The highest BCUT2D eigenvalue weighted by Crippen LogP contribution is 2.37. The third-order valence-corrected chi connectivity index (χ3v) is 4.48. The molecule has 0 aliphatic rings. The van der Waals surface area contributed by atoms with Gasteiger partial charge in [-0.1, -0.05) is 18.2 Å². The molecule has 0 spiro atoms. The molecular formula is C15H11F3N2O2S. The van der Waals surface area contributed by atoms with Gasteiger partial charge >= 0.3 is 6.18 Å². The fourth-order valence-electron chi connectivity index (χ4n) is 2.33. The molecule has 0 amide bonds. The van der Waals surface area contributed by atoms with Crippen molar-refractivity contribution in [1.29, 1.82) is 0 Å². The van der Waals surface area contributed by atoms with Crippen molar-refractivity contribution in [2.75, 3.05) is 6.26 Å². The zero-order valence-electron chi connectivity index (χ0n) is 11.9. The van der Waals surface area contributed by atoms with Crippen molar-refractivity contribution in [3.63, 3.8) is 0 Å². The smallest absolute Gasteiger partial charge is 0.295 e. The normalized spacial score (nSPS) is 12.7. The first-order chi connectivity index (χ1) is 10.7. The molecule has 2 aromatic heterocycles. The van der Waals surface area contributed by atoms with Crippen molar-refractivity contribution in [3.8, 4) is 11.3 Å². The largest absolute Gasteiger partial charge is 0.433 e. The second-order valence-electron chi connectivity index (χ2n) is 5.03. The Balaban J connectivity index is 2.24. The first kappa shape index (κ1) is 15.5. The van der Waals surface area contributed by atoms with E-state index in [4.69, 9.17) is 0 Å². The summed E-state index contributed by atoms with van der Waals surface area (Å²) in [6.07, 6.45) is -2.26. The monoisotopic (exact) mass is 340 g/mol. The predicted octanol–water partition coefficient (Wildman–Crippen LogP) is 3.42. The lowest BCUT2D eigenvalue weighted by molar-refractivity contribution is -0.141. The van der Waals surface area contributed by atoms with Crippen LogP contribution in [0, 0.1) is 0 Å². The van der Waals surface area contributed by atoms with Crippen LogP contribution in [0.4, 0.5) is 13.2 Å². The Bertz CT molecular complexity index is 974. The number of benzene rings is 1. The number of hydrogen-bond donors (Lipinski definition) is 0. The average molecular weight is 340 g/mol. The summed E-state index contributed by atoms with van der Waals surface area (Å²) in [5.41, 5.74) is -0.751. The van der Waals surface area contributed by atoms with E-state index >= 15 is 0 Å². The number of halogens is 3. The fraction of sp³-hybridized carbons (Fsp3) is 0.133. The average Bonchev–Trinajstić information content (AvgIpc) is 2.86. The van der Waals surface area contributed by atoms with E-state index in [0.717, 1.165) is 10.7 Å². The minimum absolute atomic E-state index is 0.0403. The fourth-order valence-corrected chi connectivity index (χ4v) is 2.96. The highest BCUT2D eigenvalue weighted by Gasteiger charge is 2.38. The first-order valence-electron chi connectivity index (χ1n) is 6.53. The molecule has 1 aromatic carbocycles. The lowest BCUT2D eigenvalue weighted by Gasteiger charge is -2.09. The van der Waals surface area contributed by atoms with Gasteiger partial charge in [-0.3, -0.25) is 4.40 Å². The maximum atomic E-state index is 13.4. The molecule has 3 aromatic rings. The molecule has 120 valence electrons. The highest BCUT2D eigenvalue weighted by atomic mass is 32.2. The molecule has 0 saturated carbocycles. The zero-order valence-corrected chi connectivity index (χ0v) is 12.7. The number of nitrogens with zero attached hydrogens (tertiary/aromatic N) is 2. The van der Waals surface area contributed by atoms with Crippen molar-refractivity contribution in [2.45, 2.75) is 11.1 Å². The van der Waals surface area contributed by atoms with E-state index in [2.05, 4.69) is 4.98 Å². The Hall–Kier alpha value is -2.35. The minimum atomic E-state index is -4.59. The van der Waals surface area contributed by atoms with Crippen molar-refractivity contribution in [2.24, 2.45) is 0 Å². The molecule has 0 N–H and O–H groups in total. The third-order valence-electron chi connectivity index (χ3n) is 3.35. The van der Waals surface area contributed by atoms with Gasteiger partial charge in [0.25, 0.3) is 0 Å². The highest BCUT2D eigenvalue weighted by molar-refractivity contribution is 7.90. The topological polar surface area (TPSA) is 51.4 Å². The molecule has 0 fully saturated rings. The van der Waals surface area contributed by atoms with Gasteiger partial charge in [-0.05, 0) is 24.3 Å². The van der Waals surface area contributed by atoms with E-state index < -0.39 is 21.7 Å². The quantitative estimate of drug-likeness (QED) is 0.718. The van der Waals surface area contributed by atoms with Crippen molar-refractivity contribution < 1.29 is 21.6 Å². The standard InChI is InChI=1S/C15H11F3N2O2S/c1-23(21,22)11-7-5-10(6-8-11)13-14(15(16,17)18)20-9-3-2-4-12(20)19-13/h2-9H,1H3. The molecule has 0 aliphatic heterocycles. The van der Waals surface area contributed by atoms with Crippen LogP contribution >= 0.6 is 0 Å².